The van der Waals surface area contributed by atoms with Crippen LogP contribution >= 0.6 is 0 Å². The first kappa shape index (κ1) is 19.6. The number of aryl methyl sites for hydroxylation is 1. The van der Waals surface area contributed by atoms with E-state index in [0.717, 1.165) is 43.4 Å². The molecule has 0 fully saturated rings. The van der Waals surface area contributed by atoms with Crippen LogP contribution in [0.4, 0.5) is 0 Å². The van der Waals surface area contributed by atoms with Gasteiger partial charge in [-0.1, -0.05) is 31.5 Å². The van der Waals surface area contributed by atoms with Gasteiger partial charge in [-0.3, -0.25) is 4.79 Å². The Kier molecular flexibility index (Phi) is 6.32. The summed E-state index contributed by atoms with van der Waals surface area (Å²) in [4.78, 5) is 15.4. The van der Waals surface area contributed by atoms with Crippen LogP contribution in [-0.2, 0) is 17.6 Å². The number of nitrogens with zero attached hydrogens (tertiary/aromatic N) is 3. The van der Waals surface area contributed by atoms with Crippen LogP contribution in [0.2, 0.25) is 0 Å². The number of hydrogen-bond donors (Lipinski definition) is 0. The molecular weight excluding hydrogens is 338 g/mol. The second kappa shape index (κ2) is 8.70. The third kappa shape index (κ3) is 3.93. The summed E-state index contributed by atoms with van der Waals surface area (Å²) in [5.74, 6) is 0.0461. The molecule has 5 heteroatoms. The van der Waals surface area contributed by atoms with Gasteiger partial charge in [0.05, 0.1) is 12.3 Å². The molecule has 1 aliphatic rings. The van der Waals surface area contributed by atoms with Crippen molar-refractivity contribution in [1.29, 1.82) is 0 Å². The normalized spacial score (nSPS) is 13.2. The molecule has 1 aliphatic carbocycles. The SMILES string of the molecule is CCC(CC)N(CCOC)C(=O)c1nn(-c2ccc(C)cc2)c2c1CCC2. The number of rotatable bonds is 8. The van der Waals surface area contributed by atoms with Crippen molar-refractivity contribution in [2.75, 3.05) is 20.3 Å². The average molecular weight is 370 g/mol. The van der Waals surface area contributed by atoms with E-state index in [1.165, 1.54) is 11.3 Å². The Balaban J connectivity index is 1.99. The lowest BCUT2D eigenvalue weighted by molar-refractivity contribution is 0.0582. The molecule has 0 aliphatic heterocycles. The summed E-state index contributed by atoms with van der Waals surface area (Å²) in [5.41, 5.74) is 5.21. The van der Waals surface area contributed by atoms with Gasteiger partial charge in [0, 0.05) is 31.0 Å². The monoisotopic (exact) mass is 369 g/mol. The lowest BCUT2D eigenvalue weighted by Gasteiger charge is -2.30. The molecule has 0 unspecified atom stereocenters. The second-order valence-corrected chi connectivity index (χ2v) is 7.34. The maximum absolute atomic E-state index is 13.5. The van der Waals surface area contributed by atoms with Crippen LogP contribution in [0, 0.1) is 6.92 Å². The molecule has 0 saturated heterocycles. The number of benzene rings is 1. The minimum absolute atomic E-state index is 0.0461. The topological polar surface area (TPSA) is 47.4 Å². The number of hydrogen-bond acceptors (Lipinski definition) is 3. The van der Waals surface area contributed by atoms with E-state index >= 15 is 0 Å². The van der Waals surface area contributed by atoms with E-state index in [4.69, 9.17) is 9.84 Å². The molecule has 0 radical (unpaired) electrons. The Hall–Kier alpha value is -2.14. The molecular formula is C22H31N3O2. The fraction of sp³-hybridized carbons (Fsp3) is 0.545. The fourth-order valence-corrected chi connectivity index (χ4v) is 4.01. The predicted octanol–water partition coefficient (Wildman–Crippen LogP) is 3.95. The van der Waals surface area contributed by atoms with Crippen LogP contribution < -0.4 is 0 Å². The second-order valence-electron chi connectivity index (χ2n) is 7.34. The summed E-state index contributed by atoms with van der Waals surface area (Å²) >= 11 is 0. The number of methoxy groups -OCH3 is 1. The molecule has 0 saturated carbocycles. The lowest BCUT2D eigenvalue weighted by atomic mass is 10.1. The van der Waals surface area contributed by atoms with Gasteiger partial charge in [-0.2, -0.15) is 5.10 Å². The van der Waals surface area contributed by atoms with Crippen molar-refractivity contribution >= 4 is 5.91 Å². The van der Waals surface area contributed by atoms with Crippen molar-refractivity contribution < 1.29 is 9.53 Å². The van der Waals surface area contributed by atoms with Gasteiger partial charge in [-0.25, -0.2) is 4.68 Å². The standard InChI is InChI=1S/C22H31N3O2/c1-5-17(6-2)24(14-15-27-4)22(26)21-19-8-7-9-20(19)25(23-21)18-12-10-16(3)11-13-18/h10-13,17H,5-9,14-15H2,1-4H3. The number of aromatic nitrogens is 2. The summed E-state index contributed by atoms with van der Waals surface area (Å²) in [6.45, 7) is 7.50. The van der Waals surface area contributed by atoms with E-state index in [-0.39, 0.29) is 11.9 Å². The van der Waals surface area contributed by atoms with E-state index in [0.29, 0.717) is 18.8 Å². The van der Waals surface area contributed by atoms with Crippen LogP contribution in [0.15, 0.2) is 24.3 Å². The quantitative estimate of drug-likeness (QED) is 0.708. The maximum Gasteiger partial charge on any atom is 0.274 e. The summed E-state index contributed by atoms with van der Waals surface area (Å²) in [6, 6.07) is 8.57. The first-order valence-corrected chi connectivity index (χ1v) is 10.1. The Morgan fingerprint density at radius 3 is 2.56 bits per heavy atom. The highest BCUT2D eigenvalue weighted by Crippen LogP contribution is 2.29. The third-order valence-electron chi connectivity index (χ3n) is 5.59. The zero-order chi connectivity index (χ0) is 19.4. The van der Waals surface area contributed by atoms with Crippen molar-refractivity contribution in [3.8, 4) is 5.69 Å². The summed E-state index contributed by atoms with van der Waals surface area (Å²) in [5, 5.41) is 4.80. The van der Waals surface area contributed by atoms with E-state index in [2.05, 4.69) is 45.0 Å². The van der Waals surface area contributed by atoms with Gasteiger partial charge in [0.1, 0.15) is 0 Å². The molecule has 146 valence electrons. The van der Waals surface area contributed by atoms with Crippen LogP contribution in [0.1, 0.15) is 60.4 Å². The molecule has 2 aromatic rings. The van der Waals surface area contributed by atoms with Crippen LogP contribution in [0.5, 0.6) is 0 Å². The molecule has 1 heterocycles. The van der Waals surface area contributed by atoms with Crippen molar-refractivity contribution in [2.45, 2.75) is 58.9 Å². The van der Waals surface area contributed by atoms with E-state index in [1.54, 1.807) is 7.11 Å². The smallest absolute Gasteiger partial charge is 0.274 e. The molecule has 3 rings (SSSR count). The van der Waals surface area contributed by atoms with E-state index in [1.807, 2.05) is 9.58 Å². The number of carbonyl (C=O) groups is 1. The molecule has 0 bridgehead atoms. The molecule has 0 atom stereocenters. The summed E-state index contributed by atoms with van der Waals surface area (Å²) in [6.07, 6.45) is 4.87. The number of amides is 1. The predicted molar refractivity (Wildman–Crippen MR) is 108 cm³/mol. The van der Waals surface area contributed by atoms with Crippen LogP contribution in [-0.4, -0.2) is 46.9 Å². The first-order chi connectivity index (χ1) is 13.1. The molecule has 5 nitrogen and oxygen atoms in total. The van der Waals surface area contributed by atoms with Crippen molar-refractivity contribution in [3.63, 3.8) is 0 Å². The van der Waals surface area contributed by atoms with Gasteiger partial charge in [-0.15, -0.1) is 0 Å². The fourth-order valence-electron chi connectivity index (χ4n) is 4.01. The molecule has 27 heavy (non-hydrogen) atoms. The Bertz CT molecular complexity index is 776. The minimum Gasteiger partial charge on any atom is -0.383 e. The highest BCUT2D eigenvalue weighted by atomic mass is 16.5. The third-order valence-corrected chi connectivity index (χ3v) is 5.59. The highest BCUT2D eigenvalue weighted by molar-refractivity contribution is 5.94. The number of fused-ring (bicyclic) bond motifs is 1. The zero-order valence-corrected chi connectivity index (χ0v) is 17.0. The summed E-state index contributed by atoms with van der Waals surface area (Å²) in [7, 11) is 1.68. The maximum atomic E-state index is 13.5. The molecule has 0 spiro atoms. The van der Waals surface area contributed by atoms with Gasteiger partial charge in [0.25, 0.3) is 5.91 Å². The van der Waals surface area contributed by atoms with Gasteiger partial charge < -0.3 is 9.64 Å². The summed E-state index contributed by atoms with van der Waals surface area (Å²) < 4.78 is 7.24. The first-order valence-electron chi connectivity index (χ1n) is 10.1. The zero-order valence-electron chi connectivity index (χ0n) is 17.0. The molecule has 0 N–H and O–H groups in total. The molecule has 1 aromatic heterocycles. The largest absolute Gasteiger partial charge is 0.383 e. The van der Waals surface area contributed by atoms with Gasteiger partial charge >= 0.3 is 0 Å². The van der Waals surface area contributed by atoms with Crippen molar-refractivity contribution in [1.82, 2.24) is 14.7 Å². The highest BCUT2D eigenvalue weighted by Gasteiger charge is 2.31. The Morgan fingerprint density at radius 2 is 1.93 bits per heavy atom. The average Bonchev–Trinajstić information content (AvgIpc) is 3.28. The minimum atomic E-state index is 0.0461. The van der Waals surface area contributed by atoms with Crippen LogP contribution in [0.25, 0.3) is 5.69 Å². The van der Waals surface area contributed by atoms with Crippen LogP contribution in [0.3, 0.4) is 0 Å². The van der Waals surface area contributed by atoms with Gasteiger partial charge in [0.2, 0.25) is 0 Å². The van der Waals surface area contributed by atoms with Gasteiger partial charge in [0.15, 0.2) is 5.69 Å². The molecule has 1 aromatic carbocycles. The molecule has 1 amide bonds. The van der Waals surface area contributed by atoms with E-state index < -0.39 is 0 Å². The van der Waals surface area contributed by atoms with Crippen molar-refractivity contribution in [2.24, 2.45) is 0 Å². The Morgan fingerprint density at radius 1 is 1.22 bits per heavy atom. The Labute approximate surface area is 162 Å². The number of carbonyl (C=O) groups excluding carboxylic acids is 1. The van der Waals surface area contributed by atoms with E-state index in [9.17, 15) is 4.79 Å². The van der Waals surface area contributed by atoms with Crippen molar-refractivity contribution in [3.05, 3.63) is 46.8 Å². The number of ether oxygens (including phenoxy) is 1. The van der Waals surface area contributed by atoms with Gasteiger partial charge in [-0.05, 0) is 51.2 Å². The lowest BCUT2D eigenvalue weighted by Crippen LogP contribution is -2.42.